The molecule has 0 spiro atoms. The summed E-state index contributed by atoms with van der Waals surface area (Å²) in [5, 5.41) is 11.1. The molecule has 1 saturated heterocycles. The minimum atomic E-state index is -0.338. The van der Waals surface area contributed by atoms with Gasteiger partial charge in [-0.3, -0.25) is 0 Å². The molecule has 138 valence electrons. The highest BCUT2D eigenvalue weighted by atomic mass is 19.1. The van der Waals surface area contributed by atoms with Gasteiger partial charge in [-0.25, -0.2) is 9.18 Å². The number of amides is 2. The van der Waals surface area contributed by atoms with E-state index in [0.717, 1.165) is 17.5 Å². The average molecular weight is 366 g/mol. The number of aryl methyl sites for hydroxylation is 1. The molecule has 1 atom stereocenters. The van der Waals surface area contributed by atoms with Gasteiger partial charge in [0.25, 0.3) is 0 Å². The van der Waals surface area contributed by atoms with Crippen molar-refractivity contribution >= 4 is 11.7 Å². The van der Waals surface area contributed by atoms with Gasteiger partial charge in [0.2, 0.25) is 11.8 Å². The Hall–Kier alpha value is -3.22. The van der Waals surface area contributed by atoms with E-state index < -0.39 is 0 Å². The Morgan fingerprint density at radius 2 is 1.89 bits per heavy atom. The molecule has 0 radical (unpaired) electrons. The Morgan fingerprint density at radius 3 is 2.63 bits per heavy atom. The lowest BCUT2D eigenvalue weighted by Gasteiger charge is -2.16. The van der Waals surface area contributed by atoms with Crippen molar-refractivity contribution in [2.45, 2.75) is 19.3 Å². The van der Waals surface area contributed by atoms with Crippen molar-refractivity contribution < 1.29 is 13.6 Å². The molecule has 1 aliphatic heterocycles. The summed E-state index contributed by atoms with van der Waals surface area (Å²) in [6.45, 7) is 3.12. The monoisotopic (exact) mass is 366 g/mol. The van der Waals surface area contributed by atoms with Crippen molar-refractivity contribution in [3.63, 3.8) is 0 Å². The first kappa shape index (κ1) is 17.2. The number of nitrogens with zero attached hydrogens (tertiary/aromatic N) is 3. The second-order valence-electron chi connectivity index (χ2n) is 6.68. The van der Waals surface area contributed by atoms with Crippen molar-refractivity contribution in [1.29, 1.82) is 0 Å². The molecule has 6 nitrogen and oxygen atoms in total. The van der Waals surface area contributed by atoms with Gasteiger partial charge in [-0.1, -0.05) is 17.7 Å². The molecule has 2 aromatic carbocycles. The summed E-state index contributed by atoms with van der Waals surface area (Å²) < 4.78 is 18.8. The number of carbonyl (C=O) groups is 1. The van der Waals surface area contributed by atoms with Crippen LogP contribution < -0.4 is 5.32 Å². The Kier molecular flexibility index (Phi) is 4.58. The average Bonchev–Trinajstić information content (AvgIpc) is 3.33. The number of carbonyl (C=O) groups excluding carboxylic acids is 1. The van der Waals surface area contributed by atoms with E-state index in [1.807, 2.05) is 31.2 Å². The zero-order valence-electron chi connectivity index (χ0n) is 14.9. The number of anilines is 1. The van der Waals surface area contributed by atoms with Gasteiger partial charge in [0.05, 0.1) is 5.92 Å². The van der Waals surface area contributed by atoms with Crippen LogP contribution in [0.5, 0.6) is 0 Å². The van der Waals surface area contributed by atoms with E-state index in [2.05, 4.69) is 15.5 Å². The van der Waals surface area contributed by atoms with E-state index in [9.17, 15) is 9.18 Å². The van der Waals surface area contributed by atoms with E-state index in [0.29, 0.717) is 30.6 Å². The van der Waals surface area contributed by atoms with Crippen molar-refractivity contribution in [3.05, 3.63) is 65.8 Å². The topological polar surface area (TPSA) is 71.3 Å². The van der Waals surface area contributed by atoms with E-state index in [1.165, 1.54) is 24.3 Å². The zero-order valence-corrected chi connectivity index (χ0v) is 14.9. The van der Waals surface area contributed by atoms with Gasteiger partial charge in [-0.2, -0.15) is 0 Å². The van der Waals surface area contributed by atoms with Crippen LogP contribution >= 0.6 is 0 Å². The van der Waals surface area contributed by atoms with Gasteiger partial charge >= 0.3 is 6.03 Å². The number of hydrogen-bond donors (Lipinski definition) is 1. The number of rotatable bonds is 3. The van der Waals surface area contributed by atoms with Crippen LogP contribution in [0.2, 0.25) is 0 Å². The maximum Gasteiger partial charge on any atom is 0.321 e. The molecule has 1 aromatic heterocycles. The summed E-state index contributed by atoms with van der Waals surface area (Å²) in [5.74, 6) is 0.701. The van der Waals surface area contributed by atoms with Gasteiger partial charge in [0.1, 0.15) is 5.82 Å². The lowest BCUT2D eigenvalue weighted by atomic mass is 10.1. The van der Waals surface area contributed by atoms with Crippen LogP contribution in [0.1, 0.15) is 23.8 Å². The first-order chi connectivity index (χ1) is 13.1. The van der Waals surface area contributed by atoms with Gasteiger partial charge in [-0.15, -0.1) is 10.2 Å². The minimum absolute atomic E-state index is 0.00988. The molecule has 4 rings (SSSR count). The highest BCUT2D eigenvalue weighted by molar-refractivity contribution is 5.89. The quantitative estimate of drug-likeness (QED) is 0.754. The van der Waals surface area contributed by atoms with E-state index in [-0.39, 0.29) is 17.8 Å². The first-order valence-corrected chi connectivity index (χ1v) is 8.80. The van der Waals surface area contributed by atoms with E-state index >= 15 is 0 Å². The summed E-state index contributed by atoms with van der Waals surface area (Å²) in [7, 11) is 0. The molecule has 3 aromatic rings. The van der Waals surface area contributed by atoms with Crippen LogP contribution in [0, 0.1) is 12.7 Å². The van der Waals surface area contributed by atoms with Crippen molar-refractivity contribution in [3.8, 4) is 11.5 Å². The van der Waals surface area contributed by atoms with Crippen molar-refractivity contribution in [2.75, 3.05) is 18.4 Å². The third-order valence-electron chi connectivity index (χ3n) is 4.66. The minimum Gasteiger partial charge on any atom is -0.420 e. The molecule has 2 heterocycles. The highest BCUT2D eigenvalue weighted by Gasteiger charge is 2.31. The fourth-order valence-corrected chi connectivity index (χ4v) is 3.09. The summed E-state index contributed by atoms with van der Waals surface area (Å²) in [6.07, 6.45) is 0.756. The Bertz CT molecular complexity index is 937. The Morgan fingerprint density at radius 1 is 1.15 bits per heavy atom. The second kappa shape index (κ2) is 7.19. The van der Waals surface area contributed by atoms with Crippen LogP contribution in [-0.2, 0) is 0 Å². The van der Waals surface area contributed by atoms with Gasteiger partial charge in [0, 0.05) is 24.3 Å². The first-order valence-electron chi connectivity index (χ1n) is 8.80. The van der Waals surface area contributed by atoms with Crippen LogP contribution in [0.4, 0.5) is 14.9 Å². The molecular weight excluding hydrogens is 347 g/mol. The molecule has 0 aliphatic carbocycles. The lowest BCUT2D eigenvalue weighted by molar-refractivity contribution is 0.221. The molecule has 1 fully saturated rings. The zero-order chi connectivity index (χ0) is 18.8. The Labute approximate surface area is 156 Å². The third kappa shape index (κ3) is 3.81. The molecule has 1 N–H and O–H groups in total. The smallest absolute Gasteiger partial charge is 0.321 e. The fourth-order valence-electron chi connectivity index (χ4n) is 3.09. The summed E-state index contributed by atoms with van der Waals surface area (Å²) in [5.41, 5.74) is 2.60. The second-order valence-corrected chi connectivity index (χ2v) is 6.68. The predicted octanol–water partition coefficient (Wildman–Crippen LogP) is 4.21. The number of aromatic nitrogens is 2. The van der Waals surface area contributed by atoms with Gasteiger partial charge < -0.3 is 14.6 Å². The normalized spacial score (nSPS) is 16.5. The number of benzene rings is 2. The third-order valence-corrected chi connectivity index (χ3v) is 4.66. The molecule has 0 saturated carbocycles. The summed E-state index contributed by atoms with van der Waals surface area (Å²) in [6, 6.07) is 13.4. The lowest BCUT2D eigenvalue weighted by Crippen LogP contribution is -2.32. The van der Waals surface area contributed by atoms with Crippen LogP contribution in [0.25, 0.3) is 11.5 Å². The number of hydrogen-bond acceptors (Lipinski definition) is 4. The van der Waals surface area contributed by atoms with Crippen molar-refractivity contribution in [2.24, 2.45) is 0 Å². The molecule has 0 bridgehead atoms. The maximum absolute atomic E-state index is 13.0. The number of halogens is 1. The largest absolute Gasteiger partial charge is 0.420 e. The molecule has 1 aliphatic rings. The summed E-state index contributed by atoms with van der Waals surface area (Å²) in [4.78, 5) is 14.1. The Balaban J connectivity index is 1.40. The van der Waals surface area contributed by atoms with Crippen LogP contribution in [-0.4, -0.2) is 34.2 Å². The standard InChI is InChI=1S/C20H19FN4O2/c1-13-2-4-14(5-3-13)18-23-24-19(27-18)15-10-11-25(12-15)20(26)22-17-8-6-16(21)7-9-17/h2-9,15H,10-12H2,1H3,(H,22,26). The predicted molar refractivity (Wildman–Crippen MR) is 98.8 cm³/mol. The number of nitrogens with one attached hydrogen (secondary N) is 1. The summed E-state index contributed by atoms with van der Waals surface area (Å²) >= 11 is 0. The van der Waals surface area contributed by atoms with E-state index in [4.69, 9.17) is 4.42 Å². The molecular formula is C20H19FN4O2. The molecule has 1 unspecified atom stereocenters. The van der Waals surface area contributed by atoms with Gasteiger partial charge in [0.15, 0.2) is 0 Å². The molecule has 7 heteroatoms. The van der Waals surface area contributed by atoms with Crippen LogP contribution in [0.3, 0.4) is 0 Å². The molecule has 2 amide bonds. The number of urea groups is 1. The van der Waals surface area contributed by atoms with Crippen LogP contribution in [0.15, 0.2) is 52.9 Å². The van der Waals surface area contributed by atoms with Crippen molar-refractivity contribution in [1.82, 2.24) is 15.1 Å². The van der Waals surface area contributed by atoms with E-state index in [1.54, 1.807) is 4.90 Å². The maximum atomic E-state index is 13.0. The fraction of sp³-hybridized carbons (Fsp3) is 0.250. The highest BCUT2D eigenvalue weighted by Crippen LogP contribution is 2.29. The van der Waals surface area contributed by atoms with Gasteiger partial charge in [-0.05, 0) is 49.7 Å². The SMILES string of the molecule is Cc1ccc(-c2nnc(C3CCN(C(=O)Nc4ccc(F)cc4)C3)o2)cc1. The molecule has 27 heavy (non-hydrogen) atoms. The number of likely N-dealkylation sites (tertiary alicyclic amines) is 1.